The van der Waals surface area contributed by atoms with Gasteiger partial charge >= 0.3 is 6.18 Å². The van der Waals surface area contributed by atoms with Crippen LogP contribution in [0.4, 0.5) is 13.2 Å². The normalized spacial score (nSPS) is 13.4. The second kappa shape index (κ2) is 5.92. The molecule has 2 N–H and O–H groups in total. The Morgan fingerprint density at radius 1 is 1.32 bits per heavy atom. The van der Waals surface area contributed by atoms with Crippen LogP contribution in [0.5, 0.6) is 0 Å². The van der Waals surface area contributed by atoms with Gasteiger partial charge in [0.15, 0.2) is 11.3 Å². The van der Waals surface area contributed by atoms with Crippen LogP contribution in [-0.4, -0.2) is 35.1 Å². The summed E-state index contributed by atoms with van der Waals surface area (Å²) in [6.07, 6.45) is -4.58. The Hall–Kier alpha value is -2.82. The van der Waals surface area contributed by atoms with Gasteiger partial charge in [-0.05, 0) is 26.0 Å². The van der Waals surface area contributed by atoms with Gasteiger partial charge in [-0.3, -0.25) is 4.79 Å². The summed E-state index contributed by atoms with van der Waals surface area (Å²) in [5.41, 5.74) is -1.02. The van der Waals surface area contributed by atoms with Crippen molar-refractivity contribution in [1.82, 2.24) is 29.9 Å². The molecule has 0 bridgehead atoms. The molecule has 8 nitrogen and oxygen atoms in total. The first-order valence-corrected chi connectivity index (χ1v) is 7.22. The summed E-state index contributed by atoms with van der Waals surface area (Å²) in [5, 5.41) is 20.5. The summed E-state index contributed by atoms with van der Waals surface area (Å²) >= 11 is 0. The lowest BCUT2D eigenvalue weighted by Gasteiger charge is -2.13. The molecule has 3 rings (SSSR count). The van der Waals surface area contributed by atoms with Gasteiger partial charge in [0, 0.05) is 0 Å². The number of rotatable bonds is 3. The van der Waals surface area contributed by atoms with Gasteiger partial charge in [-0.25, -0.2) is 9.67 Å². The zero-order valence-corrected chi connectivity index (χ0v) is 13.2. The van der Waals surface area contributed by atoms with E-state index in [1.807, 2.05) is 0 Å². The maximum atomic E-state index is 12.6. The molecule has 3 heterocycles. The number of halogens is 3. The summed E-state index contributed by atoms with van der Waals surface area (Å²) in [7, 11) is 0. The van der Waals surface area contributed by atoms with Crippen molar-refractivity contribution in [1.29, 1.82) is 0 Å². The lowest BCUT2D eigenvalue weighted by Crippen LogP contribution is -2.16. The molecule has 0 aliphatic carbocycles. The molecule has 132 valence electrons. The first-order valence-electron chi connectivity index (χ1n) is 7.22. The Balaban J connectivity index is 2.11. The third kappa shape index (κ3) is 2.97. The summed E-state index contributed by atoms with van der Waals surface area (Å²) in [6, 6.07) is 1.36. The van der Waals surface area contributed by atoms with Crippen molar-refractivity contribution in [2.24, 2.45) is 0 Å². The molecule has 0 aliphatic rings. The molecule has 0 saturated carbocycles. The second-order valence-electron chi connectivity index (χ2n) is 5.42. The summed E-state index contributed by atoms with van der Waals surface area (Å²) in [4.78, 5) is 18.8. The van der Waals surface area contributed by atoms with E-state index in [-0.39, 0.29) is 22.4 Å². The smallest absolute Gasteiger partial charge is 0.390 e. The first kappa shape index (κ1) is 17.0. The molecule has 0 amide bonds. The summed E-state index contributed by atoms with van der Waals surface area (Å²) in [6.45, 7) is 2.73. The van der Waals surface area contributed by atoms with Crippen LogP contribution in [0.25, 0.3) is 11.0 Å². The largest absolute Gasteiger partial charge is 0.435 e. The number of hydrogen-bond donors (Lipinski definition) is 2. The quantitative estimate of drug-likeness (QED) is 0.734. The highest BCUT2D eigenvalue weighted by atomic mass is 19.4. The summed E-state index contributed by atoms with van der Waals surface area (Å²) in [5.74, 6) is 0.342. The lowest BCUT2D eigenvalue weighted by molar-refractivity contribution is -0.141. The Bertz CT molecular complexity index is 977. The molecule has 25 heavy (non-hydrogen) atoms. The van der Waals surface area contributed by atoms with Crippen molar-refractivity contribution >= 4 is 11.0 Å². The van der Waals surface area contributed by atoms with E-state index in [0.29, 0.717) is 5.82 Å². The van der Waals surface area contributed by atoms with E-state index in [2.05, 4.69) is 25.3 Å². The van der Waals surface area contributed by atoms with E-state index in [9.17, 15) is 23.1 Å². The van der Waals surface area contributed by atoms with Crippen LogP contribution in [0, 0.1) is 6.92 Å². The molecule has 1 atom stereocenters. The van der Waals surface area contributed by atoms with Crippen molar-refractivity contribution in [3.05, 3.63) is 45.4 Å². The highest BCUT2D eigenvalue weighted by Crippen LogP contribution is 2.28. The van der Waals surface area contributed by atoms with Crippen molar-refractivity contribution in [2.75, 3.05) is 0 Å². The average Bonchev–Trinajstić information content (AvgIpc) is 2.92. The van der Waals surface area contributed by atoms with Gasteiger partial charge in [0.2, 0.25) is 0 Å². The molecular formula is C14H13F3N6O2. The maximum Gasteiger partial charge on any atom is 0.435 e. The minimum absolute atomic E-state index is 0.121. The van der Waals surface area contributed by atoms with E-state index < -0.39 is 30.1 Å². The third-order valence-electron chi connectivity index (χ3n) is 3.67. The molecule has 0 radical (unpaired) electrons. The Morgan fingerprint density at radius 2 is 2.04 bits per heavy atom. The second-order valence-corrected chi connectivity index (χ2v) is 5.42. The van der Waals surface area contributed by atoms with Gasteiger partial charge in [-0.1, -0.05) is 0 Å². The zero-order valence-electron chi connectivity index (χ0n) is 13.2. The molecule has 0 spiro atoms. The molecule has 3 aromatic rings. The van der Waals surface area contributed by atoms with E-state index in [1.165, 1.54) is 10.7 Å². The topological polar surface area (TPSA) is 110 Å². The Labute approximate surface area is 138 Å². The van der Waals surface area contributed by atoms with Gasteiger partial charge in [0.25, 0.3) is 5.56 Å². The third-order valence-corrected chi connectivity index (χ3v) is 3.67. The number of aryl methyl sites for hydroxylation is 1. The number of nitrogens with one attached hydrogen (secondary N) is 1. The monoisotopic (exact) mass is 354 g/mol. The van der Waals surface area contributed by atoms with Crippen molar-refractivity contribution < 1.29 is 18.3 Å². The fraction of sp³-hybridized carbons (Fsp3) is 0.357. The highest BCUT2D eigenvalue weighted by molar-refractivity contribution is 5.77. The van der Waals surface area contributed by atoms with E-state index in [0.717, 1.165) is 6.07 Å². The number of nitrogens with zero attached hydrogens (tertiary/aromatic N) is 5. The highest BCUT2D eigenvalue weighted by Gasteiger charge is 2.33. The van der Waals surface area contributed by atoms with E-state index >= 15 is 0 Å². The predicted octanol–water partition coefficient (Wildman–Crippen LogP) is 1.34. The van der Waals surface area contributed by atoms with Gasteiger partial charge in [0.05, 0.1) is 18.3 Å². The number of aromatic nitrogens is 6. The van der Waals surface area contributed by atoms with Crippen LogP contribution < -0.4 is 5.56 Å². The minimum Gasteiger partial charge on any atom is -0.390 e. The van der Waals surface area contributed by atoms with Crippen LogP contribution in [0.1, 0.15) is 35.9 Å². The standard InChI is InChI=1S/C14H13F3N6O2/c1-6(8-3-4-10(21-20-8)14(15,16)17)23-12-11(9(5-24)22-23)13(25)19-7(2)18-12/h3-4,6,24H,5H2,1-2H3,(H,18,19,25). The van der Waals surface area contributed by atoms with Crippen molar-refractivity contribution in [3.8, 4) is 0 Å². The Kier molecular flexibility index (Phi) is 4.03. The number of fused-ring (bicyclic) bond motifs is 1. The van der Waals surface area contributed by atoms with E-state index in [1.54, 1.807) is 13.8 Å². The van der Waals surface area contributed by atoms with Gasteiger partial charge in [0.1, 0.15) is 16.9 Å². The number of alkyl halides is 3. The Morgan fingerprint density at radius 3 is 2.60 bits per heavy atom. The fourth-order valence-electron chi connectivity index (χ4n) is 2.45. The number of aliphatic hydroxyl groups excluding tert-OH is 1. The molecule has 1 unspecified atom stereocenters. The fourth-order valence-corrected chi connectivity index (χ4v) is 2.45. The maximum absolute atomic E-state index is 12.6. The zero-order chi connectivity index (χ0) is 18.4. The van der Waals surface area contributed by atoms with Gasteiger partial charge in [-0.15, -0.1) is 5.10 Å². The molecular weight excluding hydrogens is 341 g/mol. The van der Waals surface area contributed by atoms with Crippen LogP contribution in [0.2, 0.25) is 0 Å². The molecule has 3 aromatic heterocycles. The van der Waals surface area contributed by atoms with Gasteiger partial charge in [-0.2, -0.15) is 23.4 Å². The molecule has 0 fully saturated rings. The van der Waals surface area contributed by atoms with Crippen molar-refractivity contribution in [3.63, 3.8) is 0 Å². The van der Waals surface area contributed by atoms with Crippen LogP contribution in [0.15, 0.2) is 16.9 Å². The van der Waals surface area contributed by atoms with Crippen LogP contribution in [0.3, 0.4) is 0 Å². The lowest BCUT2D eigenvalue weighted by atomic mass is 10.2. The number of aromatic amines is 1. The first-order chi connectivity index (χ1) is 11.7. The minimum atomic E-state index is -4.58. The number of hydrogen-bond acceptors (Lipinski definition) is 6. The number of aliphatic hydroxyl groups is 1. The van der Waals surface area contributed by atoms with Crippen LogP contribution in [-0.2, 0) is 12.8 Å². The molecule has 11 heteroatoms. The average molecular weight is 354 g/mol. The molecule has 0 aliphatic heterocycles. The number of H-pyrrole nitrogens is 1. The van der Waals surface area contributed by atoms with Crippen molar-refractivity contribution in [2.45, 2.75) is 32.7 Å². The van der Waals surface area contributed by atoms with Gasteiger partial charge < -0.3 is 10.1 Å². The van der Waals surface area contributed by atoms with Crippen LogP contribution >= 0.6 is 0 Å². The van der Waals surface area contributed by atoms with E-state index in [4.69, 9.17) is 0 Å². The summed E-state index contributed by atoms with van der Waals surface area (Å²) < 4.78 is 39.1. The SMILES string of the molecule is Cc1nc2c(c(CO)nn2C(C)c2ccc(C(F)(F)F)nn2)c(=O)[nH]1. The molecule has 0 saturated heterocycles. The molecule has 0 aromatic carbocycles. The predicted molar refractivity (Wildman–Crippen MR) is 79.7 cm³/mol.